The lowest BCUT2D eigenvalue weighted by atomic mass is 9.90. The van der Waals surface area contributed by atoms with Gasteiger partial charge in [-0.2, -0.15) is 5.10 Å². The van der Waals surface area contributed by atoms with Gasteiger partial charge in [-0.15, -0.1) is 6.42 Å². The first-order valence-electron chi connectivity index (χ1n) is 12.6. The van der Waals surface area contributed by atoms with E-state index >= 15 is 0 Å². The van der Waals surface area contributed by atoms with Gasteiger partial charge in [0.15, 0.2) is 5.52 Å². The number of rotatable bonds is 6. The van der Waals surface area contributed by atoms with Crippen molar-refractivity contribution in [3.05, 3.63) is 76.8 Å². The number of carbonyl (C=O) groups is 1. The van der Waals surface area contributed by atoms with Crippen molar-refractivity contribution >= 4 is 22.6 Å². The number of aromatic nitrogens is 4. The van der Waals surface area contributed by atoms with Crippen molar-refractivity contribution in [2.24, 2.45) is 7.05 Å². The van der Waals surface area contributed by atoms with Crippen LogP contribution in [0.3, 0.4) is 0 Å². The minimum Gasteiger partial charge on any atom is -0.399 e. The number of carbonyl (C=O) groups excluding carboxylic acids is 1. The molecule has 0 saturated carbocycles. The van der Waals surface area contributed by atoms with Gasteiger partial charge in [0.1, 0.15) is 5.52 Å². The highest BCUT2D eigenvalue weighted by Gasteiger charge is 2.35. The summed E-state index contributed by atoms with van der Waals surface area (Å²) >= 11 is 0. The van der Waals surface area contributed by atoms with Crippen molar-refractivity contribution in [2.45, 2.75) is 37.3 Å². The number of fused-ring (bicyclic) bond motifs is 1. The van der Waals surface area contributed by atoms with E-state index in [1.807, 2.05) is 48.5 Å². The Morgan fingerprint density at radius 1 is 1.16 bits per heavy atom. The van der Waals surface area contributed by atoms with Crippen molar-refractivity contribution in [2.75, 3.05) is 18.8 Å². The monoisotopic (exact) mass is 510 g/mol. The summed E-state index contributed by atoms with van der Waals surface area (Å²) in [6.45, 7) is 0.835. The molecular formula is C29H30N6O3. The number of amides is 1. The van der Waals surface area contributed by atoms with Crippen LogP contribution in [0.15, 0.2) is 65.7 Å². The third-order valence-electron chi connectivity index (χ3n) is 7.27. The van der Waals surface area contributed by atoms with Crippen LogP contribution in [0.2, 0.25) is 0 Å². The van der Waals surface area contributed by atoms with Crippen molar-refractivity contribution < 1.29 is 9.90 Å². The third-order valence-corrected chi connectivity index (χ3v) is 7.27. The molecule has 2 aromatic heterocycles. The largest absolute Gasteiger partial charge is 0.399 e. The molecule has 1 saturated heterocycles. The average Bonchev–Trinajstić information content (AvgIpc) is 3.26. The summed E-state index contributed by atoms with van der Waals surface area (Å²) in [6, 6.07) is 16.9. The number of benzene rings is 2. The summed E-state index contributed by atoms with van der Waals surface area (Å²) < 4.78 is 3.02. The summed E-state index contributed by atoms with van der Waals surface area (Å²) in [6.07, 6.45) is 8.05. The zero-order valence-electron chi connectivity index (χ0n) is 21.2. The van der Waals surface area contributed by atoms with Gasteiger partial charge in [0, 0.05) is 37.8 Å². The van der Waals surface area contributed by atoms with Crippen molar-refractivity contribution in [3.63, 3.8) is 0 Å². The Kier molecular flexibility index (Phi) is 6.74. The van der Waals surface area contributed by atoms with Gasteiger partial charge in [-0.1, -0.05) is 48.4 Å². The lowest BCUT2D eigenvalue weighted by molar-refractivity contribution is -0.136. The van der Waals surface area contributed by atoms with E-state index < -0.39 is 5.60 Å². The Hall–Kier alpha value is -4.42. The van der Waals surface area contributed by atoms with Crippen LogP contribution in [0.1, 0.15) is 30.7 Å². The lowest BCUT2D eigenvalue weighted by Crippen LogP contribution is -2.49. The molecule has 3 N–H and O–H groups in total. The molecule has 194 valence electrons. The van der Waals surface area contributed by atoms with E-state index in [1.54, 1.807) is 22.7 Å². The highest BCUT2D eigenvalue weighted by Crippen LogP contribution is 2.28. The van der Waals surface area contributed by atoms with Gasteiger partial charge in [0.2, 0.25) is 5.91 Å². The molecule has 1 aliphatic heterocycles. The molecule has 2 aromatic carbocycles. The predicted octanol–water partition coefficient (Wildman–Crippen LogP) is 2.54. The number of aliphatic hydroxyl groups is 1. The molecule has 0 bridgehead atoms. The summed E-state index contributed by atoms with van der Waals surface area (Å²) in [7, 11) is 1.76. The second kappa shape index (κ2) is 10.1. The number of piperidine rings is 1. The molecule has 1 atom stereocenters. The molecule has 5 rings (SSSR count). The van der Waals surface area contributed by atoms with E-state index in [2.05, 4.69) is 16.0 Å². The minimum absolute atomic E-state index is 0.0401. The first-order valence-corrected chi connectivity index (χ1v) is 12.6. The van der Waals surface area contributed by atoms with Gasteiger partial charge < -0.3 is 15.7 Å². The van der Waals surface area contributed by atoms with E-state index in [-0.39, 0.29) is 35.9 Å². The molecule has 0 aliphatic carbocycles. The maximum Gasteiger partial charge on any atom is 0.281 e. The highest BCUT2D eigenvalue weighted by molar-refractivity contribution is 5.89. The van der Waals surface area contributed by atoms with Gasteiger partial charge in [0.05, 0.1) is 30.1 Å². The quantitative estimate of drug-likeness (QED) is 0.304. The topological polar surface area (TPSA) is 119 Å². The fourth-order valence-electron chi connectivity index (χ4n) is 5.13. The SMILES string of the molecule is C#C[C@H](CC(=O)N1CCC(O)(Cn2cnc3c(-c4cccc(N)c4)n(C)nc3c2=O)CC1)c1ccccc1. The Labute approximate surface area is 220 Å². The average molecular weight is 511 g/mol. The Bertz CT molecular complexity index is 1580. The van der Waals surface area contributed by atoms with Gasteiger partial charge in [-0.05, 0) is 30.5 Å². The second-order valence-corrected chi connectivity index (χ2v) is 9.91. The molecule has 1 amide bonds. The lowest BCUT2D eigenvalue weighted by Gasteiger charge is -2.38. The number of terminal acetylenes is 1. The summed E-state index contributed by atoms with van der Waals surface area (Å²) in [5.41, 5.74) is 8.23. The van der Waals surface area contributed by atoms with Crippen LogP contribution >= 0.6 is 0 Å². The van der Waals surface area contributed by atoms with Crippen LogP contribution in [0.4, 0.5) is 5.69 Å². The molecule has 3 heterocycles. The molecular weight excluding hydrogens is 480 g/mol. The standard InChI is InChI=1S/C29H30N6O3/c1-3-20(21-8-5-4-6-9-21)17-24(36)34-14-12-29(38,13-15-34)18-35-19-31-25-26(28(35)37)32-33(2)27(25)22-10-7-11-23(30)16-22/h1,4-11,16,19-20,38H,12-15,17-18,30H2,2H3/t20-/m1/s1. The fourth-order valence-corrected chi connectivity index (χ4v) is 5.13. The van der Waals surface area contributed by atoms with Crippen LogP contribution in [-0.4, -0.2) is 53.9 Å². The fraction of sp³-hybridized carbons (Fsp3) is 0.310. The Morgan fingerprint density at radius 3 is 2.58 bits per heavy atom. The number of hydrogen-bond acceptors (Lipinski definition) is 6. The molecule has 0 unspecified atom stereocenters. The molecule has 38 heavy (non-hydrogen) atoms. The second-order valence-electron chi connectivity index (χ2n) is 9.91. The van der Waals surface area contributed by atoms with Gasteiger partial charge in [-0.25, -0.2) is 4.98 Å². The zero-order chi connectivity index (χ0) is 26.9. The molecule has 1 fully saturated rings. The molecule has 0 spiro atoms. The Morgan fingerprint density at radius 2 is 1.89 bits per heavy atom. The van der Waals surface area contributed by atoms with Crippen LogP contribution in [0.5, 0.6) is 0 Å². The normalized spacial score (nSPS) is 15.8. The van der Waals surface area contributed by atoms with Crippen LogP contribution in [0.25, 0.3) is 22.3 Å². The molecule has 9 nitrogen and oxygen atoms in total. The molecule has 4 aromatic rings. The van der Waals surface area contributed by atoms with Gasteiger partial charge >= 0.3 is 0 Å². The van der Waals surface area contributed by atoms with Crippen molar-refractivity contribution in [1.82, 2.24) is 24.2 Å². The zero-order valence-corrected chi connectivity index (χ0v) is 21.2. The third kappa shape index (κ3) is 4.91. The van der Waals surface area contributed by atoms with Crippen molar-refractivity contribution in [1.29, 1.82) is 0 Å². The number of nitrogens with zero attached hydrogens (tertiary/aromatic N) is 5. The summed E-state index contributed by atoms with van der Waals surface area (Å²) in [4.78, 5) is 32.5. The predicted molar refractivity (Wildman–Crippen MR) is 146 cm³/mol. The Balaban J connectivity index is 1.29. The van der Waals surface area contributed by atoms with Crippen molar-refractivity contribution in [3.8, 4) is 23.6 Å². The van der Waals surface area contributed by atoms with Gasteiger partial charge in [0.25, 0.3) is 5.56 Å². The number of anilines is 1. The number of hydrogen-bond donors (Lipinski definition) is 2. The van der Waals surface area contributed by atoms with E-state index in [0.29, 0.717) is 42.8 Å². The van der Waals surface area contributed by atoms with E-state index in [4.69, 9.17) is 12.2 Å². The summed E-state index contributed by atoms with van der Waals surface area (Å²) in [5, 5.41) is 15.7. The van der Waals surface area contributed by atoms with E-state index in [1.165, 1.54) is 10.9 Å². The minimum atomic E-state index is -1.15. The number of nitrogen functional groups attached to an aromatic ring is 1. The number of likely N-dealkylation sites (tertiary alicyclic amines) is 1. The van der Waals surface area contributed by atoms with E-state index in [9.17, 15) is 14.7 Å². The first kappa shape index (κ1) is 25.2. The van der Waals surface area contributed by atoms with Crippen LogP contribution in [0, 0.1) is 12.3 Å². The number of aryl methyl sites for hydroxylation is 1. The first-order chi connectivity index (χ1) is 18.3. The number of nitrogens with two attached hydrogens (primary N) is 1. The van der Waals surface area contributed by atoms with Gasteiger partial charge in [-0.3, -0.25) is 18.8 Å². The van der Waals surface area contributed by atoms with Crippen LogP contribution < -0.4 is 11.3 Å². The molecule has 1 aliphatic rings. The maximum atomic E-state index is 13.3. The molecule has 9 heteroatoms. The molecule has 0 radical (unpaired) electrons. The maximum absolute atomic E-state index is 13.3. The smallest absolute Gasteiger partial charge is 0.281 e. The van der Waals surface area contributed by atoms with Crippen LogP contribution in [-0.2, 0) is 18.4 Å². The summed E-state index contributed by atoms with van der Waals surface area (Å²) in [5.74, 6) is 2.39. The highest BCUT2D eigenvalue weighted by atomic mass is 16.3. The van der Waals surface area contributed by atoms with E-state index in [0.717, 1.165) is 11.1 Å².